The molecule has 1 N–H and O–H groups in total. The van der Waals surface area contributed by atoms with Crippen molar-refractivity contribution in [2.75, 3.05) is 13.2 Å². The zero-order valence-electron chi connectivity index (χ0n) is 25.8. The summed E-state index contributed by atoms with van der Waals surface area (Å²) in [6, 6.07) is 17.3. The van der Waals surface area contributed by atoms with Crippen LogP contribution < -0.4 is 16.0 Å². The smallest absolute Gasteiger partial charge is 0.333 e. The van der Waals surface area contributed by atoms with Crippen LogP contribution in [-0.2, 0) is 33.0 Å². The predicted octanol–water partition coefficient (Wildman–Crippen LogP) is 5.52. The molecule has 0 amide bonds. The fourth-order valence-corrected chi connectivity index (χ4v) is 6.92. The summed E-state index contributed by atoms with van der Waals surface area (Å²) in [5.41, 5.74) is -1.02. The van der Waals surface area contributed by atoms with Gasteiger partial charge in [-0.05, 0) is 50.8 Å². The zero-order chi connectivity index (χ0) is 32.4. The molecule has 0 aliphatic carbocycles. The highest BCUT2D eigenvalue weighted by atomic mass is 32.1. The van der Waals surface area contributed by atoms with Gasteiger partial charge in [-0.25, -0.2) is 19.1 Å². The van der Waals surface area contributed by atoms with Crippen molar-refractivity contribution in [2.45, 2.75) is 64.5 Å². The predicted molar refractivity (Wildman–Crippen MR) is 172 cm³/mol. The molecule has 2 aromatic carbocycles. The van der Waals surface area contributed by atoms with Gasteiger partial charge in [-0.2, -0.15) is 0 Å². The normalized spacial score (nSPS) is 14.8. The van der Waals surface area contributed by atoms with Crippen LogP contribution in [-0.4, -0.2) is 44.5 Å². The molecule has 46 heavy (non-hydrogen) atoms. The lowest BCUT2D eigenvalue weighted by atomic mass is 10.0. The van der Waals surface area contributed by atoms with E-state index in [4.69, 9.17) is 18.6 Å². The number of aryl methyl sites for hydroxylation is 1. The lowest BCUT2D eigenvalue weighted by Crippen LogP contribution is -2.52. The molecule has 1 atom stereocenters. The van der Waals surface area contributed by atoms with E-state index >= 15 is 0 Å². The van der Waals surface area contributed by atoms with Crippen molar-refractivity contribution < 1.29 is 28.5 Å². The van der Waals surface area contributed by atoms with Gasteiger partial charge >= 0.3 is 11.7 Å². The summed E-state index contributed by atoms with van der Waals surface area (Å²) in [4.78, 5) is 45.9. The number of hydrogen-bond acceptors (Lipinski definition) is 9. The first-order valence-electron chi connectivity index (χ1n) is 15.1. The van der Waals surface area contributed by atoms with Gasteiger partial charge in [-0.15, -0.1) is 11.3 Å². The van der Waals surface area contributed by atoms with E-state index < -0.39 is 28.9 Å². The maximum absolute atomic E-state index is 14.3. The van der Waals surface area contributed by atoms with Crippen LogP contribution in [0.2, 0.25) is 0 Å². The van der Waals surface area contributed by atoms with E-state index in [1.807, 2.05) is 54.6 Å². The summed E-state index contributed by atoms with van der Waals surface area (Å²) in [5, 5.41) is 10.3. The average molecular weight is 646 g/mol. The number of carboxylic acids is 1. The van der Waals surface area contributed by atoms with Gasteiger partial charge in [0.15, 0.2) is 0 Å². The van der Waals surface area contributed by atoms with Crippen molar-refractivity contribution in [2.24, 2.45) is 0 Å². The minimum absolute atomic E-state index is 0.0145. The Morgan fingerprint density at radius 2 is 1.83 bits per heavy atom. The molecule has 12 heteroatoms. The van der Waals surface area contributed by atoms with Gasteiger partial charge in [0.05, 0.1) is 29.1 Å². The summed E-state index contributed by atoms with van der Waals surface area (Å²) < 4.78 is 26.4. The van der Waals surface area contributed by atoms with Crippen LogP contribution in [0.3, 0.4) is 0 Å². The van der Waals surface area contributed by atoms with Gasteiger partial charge < -0.3 is 23.7 Å². The average Bonchev–Trinajstić information content (AvgIpc) is 3.71. The Kier molecular flexibility index (Phi) is 8.94. The number of carboxylic acid groups (broad SMARTS) is 1. The SMILES string of the molecule is Cc1c(-c2ncco2)sc2c1c(=O)n(C(C)(C)C(=O)O)c(=O)n2C[C@H](OC1CCOCC1)c1ccccc1OCc1ccccc1. The van der Waals surface area contributed by atoms with E-state index in [0.29, 0.717) is 59.6 Å². The second-order valence-electron chi connectivity index (χ2n) is 11.7. The molecule has 1 aliphatic rings. The number of para-hydroxylation sites is 1. The van der Waals surface area contributed by atoms with Crippen molar-refractivity contribution in [3.05, 3.63) is 105 Å². The van der Waals surface area contributed by atoms with E-state index in [9.17, 15) is 19.5 Å². The molecule has 6 rings (SSSR count). The van der Waals surface area contributed by atoms with Crippen LogP contribution in [0, 0.1) is 6.92 Å². The first-order chi connectivity index (χ1) is 22.2. The molecule has 0 radical (unpaired) electrons. The number of ether oxygens (including phenoxy) is 3. The fraction of sp³-hybridized carbons (Fsp3) is 0.353. The van der Waals surface area contributed by atoms with Crippen LogP contribution in [0.25, 0.3) is 21.0 Å². The number of oxazole rings is 1. The monoisotopic (exact) mass is 645 g/mol. The molecule has 0 spiro atoms. The Morgan fingerprint density at radius 1 is 1.11 bits per heavy atom. The molecular formula is C34H35N3O8S. The van der Waals surface area contributed by atoms with Crippen molar-refractivity contribution in [3.8, 4) is 16.5 Å². The third kappa shape index (κ3) is 6.03. The second kappa shape index (κ2) is 13.1. The quantitative estimate of drug-likeness (QED) is 0.197. The molecule has 240 valence electrons. The van der Waals surface area contributed by atoms with Crippen molar-refractivity contribution in [3.63, 3.8) is 0 Å². The Balaban J connectivity index is 1.52. The second-order valence-corrected chi connectivity index (χ2v) is 12.7. The molecule has 11 nitrogen and oxygen atoms in total. The van der Waals surface area contributed by atoms with Gasteiger partial charge in [0.2, 0.25) is 5.89 Å². The van der Waals surface area contributed by atoms with E-state index in [-0.39, 0.29) is 18.0 Å². The first kappa shape index (κ1) is 31.5. The van der Waals surface area contributed by atoms with Gasteiger partial charge in [-0.3, -0.25) is 9.36 Å². The van der Waals surface area contributed by atoms with Crippen LogP contribution in [0.4, 0.5) is 0 Å². The van der Waals surface area contributed by atoms with Crippen molar-refractivity contribution in [1.82, 2.24) is 14.1 Å². The lowest BCUT2D eigenvalue weighted by Gasteiger charge is -2.30. The summed E-state index contributed by atoms with van der Waals surface area (Å²) in [5.74, 6) is -0.418. The maximum Gasteiger partial charge on any atom is 0.333 e. The minimum Gasteiger partial charge on any atom is -0.489 e. The summed E-state index contributed by atoms with van der Waals surface area (Å²) in [7, 11) is 0. The van der Waals surface area contributed by atoms with E-state index in [0.717, 1.165) is 15.7 Å². The van der Waals surface area contributed by atoms with Crippen LogP contribution >= 0.6 is 11.3 Å². The highest BCUT2D eigenvalue weighted by Crippen LogP contribution is 2.38. The Bertz CT molecular complexity index is 1950. The number of fused-ring (bicyclic) bond motifs is 1. The fourth-order valence-electron chi connectivity index (χ4n) is 5.67. The summed E-state index contributed by atoms with van der Waals surface area (Å²) >= 11 is 1.20. The Morgan fingerprint density at radius 3 is 2.52 bits per heavy atom. The third-order valence-electron chi connectivity index (χ3n) is 8.30. The standard InChI is InChI=1S/C34H35N3O8S/c1-21-27-30(38)37(34(2,3)32(39)40)33(41)36(31(27)46-28(21)29-35-15-18-43-29)19-26(45-23-13-16-42-17-14-23)24-11-7-8-12-25(24)44-20-22-9-5-4-6-10-22/h4-12,15,18,23,26H,13-14,16-17,19-20H2,1-3H3,(H,39,40)/t26-/m0/s1. The molecule has 1 saturated heterocycles. The molecule has 1 aliphatic heterocycles. The number of aliphatic carboxylic acids is 1. The number of thiophene rings is 1. The first-order valence-corrected chi connectivity index (χ1v) is 15.9. The van der Waals surface area contributed by atoms with Crippen molar-refractivity contribution in [1.29, 1.82) is 0 Å². The number of aromatic nitrogens is 3. The zero-order valence-corrected chi connectivity index (χ0v) is 26.6. The van der Waals surface area contributed by atoms with Gasteiger partial charge in [0, 0.05) is 18.8 Å². The number of carbonyl (C=O) groups is 1. The topological polar surface area (TPSA) is 135 Å². The number of hydrogen-bond donors (Lipinski definition) is 1. The molecule has 4 heterocycles. The van der Waals surface area contributed by atoms with E-state index in [1.54, 1.807) is 6.92 Å². The maximum atomic E-state index is 14.3. The Labute approximate surface area is 268 Å². The van der Waals surface area contributed by atoms with Crippen molar-refractivity contribution >= 4 is 27.5 Å². The largest absolute Gasteiger partial charge is 0.489 e. The van der Waals surface area contributed by atoms with Gasteiger partial charge in [-0.1, -0.05) is 48.5 Å². The number of benzene rings is 2. The highest BCUT2D eigenvalue weighted by molar-refractivity contribution is 7.22. The number of rotatable bonds is 11. The van der Waals surface area contributed by atoms with Crippen LogP contribution in [0.15, 0.2) is 81.1 Å². The summed E-state index contributed by atoms with van der Waals surface area (Å²) in [6.07, 6.45) is 3.44. The molecule has 1 fully saturated rings. The molecule has 0 bridgehead atoms. The molecular weight excluding hydrogens is 610 g/mol. The minimum atomic E-state index is -1.84. The molecule has 5 aromatic rings. The molecule has 3 aromatic heterocycles. The summed E-state index contributed by atoms with van der Waals surface area (Å²) in [6.45, 7) is 5.84. The van der Waals surface area contributed by atoms with Crippen LogP contribution in [0.5, 0.6) is 5.75 Å². The lowest BCUT2D eigenvalue weighted by molar-refractivity contribution is -0.146. The highest BCUT2D eigenvalue weighted by Gasteiger charge is 2.36. The van der Waals surface area contributed by atoms with Gasteiger partial charge in [0.25, 0.3) is 5.56 Å². The molecule has 0 saturated carbocycles. The third-order valence-corrected chi connectivity index (χ3v) is 9.60. The Hall–Kier alpha value is -4.52. The van der Waals surface area contributed by atoms with Crippen LogP contribution in [0.1, 0.15) is 49.5 Å². The number of nitrogens with zero attached hydrogens (tertiary/aromatic N) is 3. The molecule has 0 unspecified atom stereocenters. The van der Waals surface area contributed by atoms with Gasteiger partial charge in [0.1, 0.15) is 35.1 Å². The van der Waals surface area contributed by atoms with E-state index in [1.165, 1.54) is 42.2 Å². The van der Waals surface area contributed by atoms with E-state index in [2.05, 4.69) is 4.98 Å².